The van der Waals surface area contributed by atoms with Gasteiger partial charge in [-0.2, -0.15) is 10.4 Å². The zero-order valence-corrected chi connectivity index (χ0v) is 13.5. The van der Waals surface area contributed by atoms with E-state index in [1.54, 1.807) is 15.5 Å². The molecule has 0 fully saturated rings. The fourth-order valence-electron chi connectivity index (χ4n) is 3.31. The molecule has 0 saturated heterocycles. The van der Waals surface area contributed by atoms with Crippen LogP contribution in [0.4, 0.5) is 5.82 Å². The first-order valence-corrected chi connectivity index (χ1v) is 8.03. The summed E-state index contributed by atoms with van der Waals surface area (Å²) in [6, 6.07) is 13.5. The molecule has 1 aliphatic rings. The van der Waals surface area contributed by atoms with E-state index < -0.39 is 0 Å². The Balaban J connectivity index is 1.71. The maximum absolute atomic E-state index is 13.1. The van der Waals surface area contributed by atoms with Crippen LogP contribution < -0.4 is 5.73 Å². The number of carbonyl (C=O) groups is 1. The fraction of sp³-hybridized carbons (Fsp3) is 0.222. The number of anilines is 1. The number of nitriles is 1. The van der Waals surface area contributed by atoms with Crippen molar-refractivity contribution in [2.24, 2.45) is 0 Å². The molecule has 3 heterocycles. The summed E-state index contributed by atoms with van der Waals surface area (Å²) in [6.45, 7) is 1.15. The second-order valence-corrected chi connectivity index (χ2v) is 6.05. The monoisotopic (exact) mass is 332 g/mol. The SMILES string of the molecule is N#CCn1c(C(=O)N2CCc3nnc(N)cc3C2)cc2ccccc21. The predicted molar refractivity (Wildman–Crippen MR) is 92.4 cm³/mol. The Hall–Kier alpha value is -3.40. The molecule has 25 heavy (non-hydrogen) atoms. The molecule has 7 nitrogen and oxygen atoms in total. The van der Waals surface area contributed by atoms with Crippen molar-refractivity contribution in [3.8, 4) is 6.07 Å². The second kappa shape index (κ2) is 5.91. The first-order valence-electron chi connectivity index (χ1n) is 8.03. The molecule has 0 atom stereocenters. The van der Waals surface area contributed by atoms with Gasteiger partial charge in [0.1, 0.15) is 18.1 Å². The molecular weight excluding hydrogens is 316 g/mol. The molecule has 0 bridgehead atoms. The summed E-state index contributed by atoms with van der Waals surface area (Å²) in [5.41, 5.74) is 8.94. The number of hydrogen-bond donors (Lipinski definition) is 1. The summed E-state index contributed by atoms with van der Waals surface area (Å²) < 4.78 is 1.77. The highest BCUT2D eigenvalue weighted by Gasteiger charge is 2.26. The fourth-order valence-corrected chi connectivity index (χ4v) is 3.31. The Bertz CT molecular complexity index is 1020. The number of nitrogen functional groups attached to an aromatic ring is 1. The van der Waals surface area contributed by atoms with E-state index in [1.165, 1.54) is 0 Å². The molecule has 4 rings (SSSR count). The van der Waals surface area contributed by atoms with Crippen molar-refractivity contribution >= 4 is 22.6 Å². The average molecular weight is 332 g/mol. The van der Waals surface area contributed by atoms with Gasteiger partial charge in [-0.05, 0) is 23.8 Å². The second-order valence-electron chi connectivity index (χ2n) is 6.05. The largest absolute Gasteiger partial charge is 0.382 e. The molecule has 1 aliphatic heterocycles. The number of rotatable bonds is 2. The van der Waals surface area contributed by atoms with E-state index in [4.69, 9.17) is 11.0 Å². The lowest BCUT2D eigenvalue weighted by atomic mass is 10.1. The lowest BCUT2D eigenvalue weighted by Crippen LogP contribution is -2.37. The Morgan fingerprint density at radius 3 is 2.96 bits per heavy atom. The summed E-state index contributed by atoms with van der Waals surface area (Å²) in [6.07, 6.45) is 0.646. The Morgan fingerprint density at radius 1 is 1.28 bits per heavy atom. The van der Waals surface area contributed by atoms with Gasteiger partial charge in [0.15, 0.2) is 0 Å². The van der Waals surface area contributed by atoms with Crippen LogP contribution in [-0.4, -0.2) is 32.1 Å². The summed E-state index contributed by atoms with van der Waals surface area (Å²) in [4.78, 5) is 14.9. The van der Waals surface area contributed by atoms with Gasteiger partial charge >= 0.3 is 0 Å². The lowest BCUT2D eigenvalue weighted by Gasteiger charge is -2.28. The standard InChI is InChI=1S/C18H16N6O/c19-6-8-24-15-4-2-1-3-12(15)9-16(24)18(25)23-7-5-14-13(11-23)10-17(20)22-21-14/h1-4,9-10H,5,7-8,11H2,(H2,20,22). The number of aromatic nitrogens is 3. The number of hydrogen-bond acceptors (Lipinski definition) is 5. The van der Waals surface area contributed by atoms with Crippen molar-refractivity contribution in [3.63, 3.8) is 0 Å². The molecule has 1 amide bonds. The summed E-state index contributed by atoms with van der Waals surface area (Å²) in [5, 5.41) is 18.1. The molecule has 2 N–H and O–H groups in total. The summed E-state index contributed by atoms with van der Waals surface area (Å²) in [7, 11) is 0. The van der Waals surface area contributed by atoms with Crippen LogP contribution in [0.25, 0.3) is 10.9 Å². The van der Waals surface area contributed by atoms with Crippen LogP contribution in [0.5, 0.6) is 0 Å². The van der Waals surface area contributed by atoms with Gasteiger partial charge in [0.25, 0.3) is 5.91 Å². The van der Waals surface area contributed by atoms with E-state index in [0.717, 1.165) is 22.2 Å². The molecule has 7 heteroatoms. The van der Waals surface area contributed by atoms with Gasteiger partial charge in [-0.3, -0.25) is 4.79 Å². The Kier molecular flexibility index (Phi) is 3.58. The predicted octanol–water partition coefficient (Wildman–Crippen LogP) is 1.74. The van der Waals surface area contributed by atoms with Crippen LogP contribution >= 0.6 is 0 Å². The zero-order chi connectivity index (χ0) is 17.4. The van der Waals surface area contributed by atoms with Gasteiger partial charge in [-0.25, -0.2) is 0 Å². The van der Waals surface area contributed by atoms with Gasteiger partial charge < -0.3 is 15.2 Å². The van der Waals surface area contributed by atoms with E-state index in [1.807, 2.05) is 30.3 Å². The van der Waals surface area contributed by atoms with Crippen molar-refractivity contribution in [2.45, 2.75) is 19.5 Å². The van der Waals surface area contributed by atoms with Crippen molar-refractivity contribution in [1.29, 1.82) is 5.26 Å². The molecule has 1 aromatic carbocycles. The molecule has 0 radical (unpaired) electrons. The molecule has 0 saturated carbocycles. The van der Waals surface area contributed by atoms with E-state index >= 15 is 0 Å². The van der Waals surface area contributed by atoms with Crippen LogP contribution in [0.1, 0.15) is 21.7 Å². The van der Waals surface area contributed by atoms with Crippen molar-refractivity contribution < 1.29 is 4.79 Å². The van der Waals surface area contributed by atoms with Crippen molar-refractivity contribution in [2.75, 3.05) is 12.3 Å². The minimum absolute atomic E-state index is 0.0903. The van der Waals surface area contributed by atoms with E-state index in [2.05, 4.69) is 16.3 Å². The van der Waals surface area contributed by atoms with Gasteiger partial charge in [-0.15, -0.1) is 5.10 Å². The van der Waals surface area contributed by atoms with E-state index in [9.17, 15) is 4.79 Å². The molecular formula is C18H16N6O. The highest BCUT2D eigenvalue weighted by atomic mass is 16.2. The van der Waals surface area contributed by atoms with Gasteiger partial charge in [0.2, 0.25) is 0 Å². The molecule has 0 spiro atoms. The Labute approximate surface area is 144 Å². The third-order valence-electron chi connectivity index (χ3n) is 4.50. The smallest absolute Gasteiger partial charge is 0.270 e. The van der Waals surface area contributed by atoms with Crippen LogP contribution in [0.3, 0.4) is 0 Å². The third kappa shape index (κ3) is 2.58. The van der Waals surface area contributed by atoms with Gasteiger partial charge in [-0.1, -0.05) is 18.2 Å². The average Bonchev–Trinajstić information content (AvgIpc) is 2.99. The molecule has 0 unspecified atom stereocenters. The van der Waals surface area contributed by atoms with Crippen molar-refractivity contribution in [1.82, 2.24) is 19.7 Å². The first-order chi connectivity index (χ1) is 12.2. The molecule has 2 aromatic heterocycles. The number of para-hydroxylation sites is 1. The highest BCUT2D eigenvalue weighted by molar-refractivity contribution is 5.99. The maximum Gasteiger partial charge on any atom is 0.270 e. The van der Waals surface area contributed by atoms with Gasteiger partial charge in [0.05, 0.1) is 11.8 Å². The maximum atomic E-state index is 13.1. The van der Waals surface area contributed by atoms with E-state index in [-0.39, 0.29) is 12.5 Å². The number of amides is 1. The highest BCUT2D eigenvalue weighted by Crippen LogP contribution is 2.24. The van der Waals surface area contributed by atoms with Gasteiger partial charge in [0, 0.05) is 30.4 Å². The molecule has 124 valence electrons. The van der Waals surface area contributed by atoms with E-state index in [0.29, 0.717) is 31.0 Å². The first kappa shape index (κ1) is 15.1. The van der Waals surface area contributed by atoms with Crippen LogP contribution in [0, 0.1) is 11.3 Å². The van der Waals surface area contributed by atoms with Crippen LogP contribution in [0.15, 0.2) is 36.4 Å². The number of carbonyl (C=O) groups excluding carboxylic acids is 1. The number of nitrogens with zero attached hydrogens (tertiary/aromatic N) is 5. The Morgan fingerprint density at radius 2 is 2.12 bits per heavy atom. The summed E-state index contributed by atoms with van der Waals surface area (Å²) >= 11 is 0. The number of benzene rings is 1. The topological polar surface area (TPSA) is 101 Å². The van der Waals surface area contributed by atoms with Crippen LogP contribution in [0.2, 0.25) is 0 Å². The minimum atomic E-state index is -0.0903. The number of fused-ring (bicyclic) bond motifs is 2. The number of nitrogens with two attached hydrogens (primary N) is 1. The summed E-state index contributed by atoms with van der Waals surface area (Å²) in [5.74, 6) is 0.263. The minimum Gasteiger partial charge on any atom is -0.382 e. The lowest BCUT2D eigenvalue weighted by molar-refractivity contribution is 0.0723. The molecule has 0 aliphatic carbocycles. The quantitative estimate of drug-likeness (QED) is 0.770. The normalized spacial score (nSPS) is 13.5. The van der Waals surface area contributed by atoms with Crippen LogP contribution in [-0.2, 0) is 19.5 Å². The zero-order valence-electron chi connectivity index (χ0n) is 13.5. The molecule has 3 aromatic rings. The third-order valence-corrected chi connectivity index (χ3v) is 4.50. The van der Waals surface area contributed by atoms with Crippen molar-refractivity contribution in [3.05, 3.63) is 53.3 Å².